The van der Waals surface area contributed by atoms with E-state index in [-0.39, 0.29) is 0 Å². The van der Waals surface area contributed by atoms with Gasteiger partial charge in [-0.3, -0.25) is 9.69 Å². The van der Waals surface area contributed by atoms with Gasteiger partial charge in [-0.1, -0.05) is 0 Å². The molecule has 0 radical (unpaired) electrons. The van der Waals surface area contributed by atoms with Gasteiger partial charge in [0.05, 0.1) is 10.7 Å². The molecule has 19 heavy (non-hydrogen) atoms. The third-order valence-electron chi connectivity index (χ3n) is 3.98. The number of aliphatic carboxylic acids is 1. The number of carbonyl (C=O) groups is 1. The molecule has 5 heteroatoms. The third kappa shape index (κ3) is 3.54. The minimum Gasteiger partial charge on any atom is -0.481 e. The zero-order valence-corrected chi connectivity index (χ0v) is 12.7. The highest BCUT2D eigenvalue weighted by Gasteiger charge is 2.26. The molecule has 1 saturated heterocycles. The van der Waals surface area contributed by atoms with E-state index in [1.807, 2.05) is 6.92 Å². The molecule has 0 amide bonds. The number of aryl methyl sites for hydroxylation is 2. The number of thiazole rings is 1. The summed E-state index contributed by atoms with van der Waals surface area (Å²) < 4.78 is 0. The van der Waals surface area contributed by atoms with Crippen molar-refractivity contribution >= 4 is 17.3 Å². The Morgan fingerprint density at radius 2 is 2.11 bits per heavy atom. The van der Waals surface area contributed by atoms with E-state index in [9.17, 15) is 4.79 Å². The first-order valence-electron chi connectivity index (χ1n) is 6.87. The first kappa shape index (κ1) is 14.5. The maximum atomic E-state index is 10.7. The standard InChI is InChI=1S/C14H22N2O2S/c1-9-14(19-11(3)15-9)10(2)16-6-4-12(5-7-16)8-13(17)18/h10,12H,4-8H2,1-3H3,(H,17,18). The lowest BCUT2D eigenvalue weighted by Crippen LogP contribution is -2.36. The molecule has 1 atom stereocenters. The van der Waals surface area contributed by atoms with Gasteiger partial charge in [0.2, 0.25) is 0 Å². The summed E-state index contributed by atoms with van der Waals surface area (Å²) in [5.74, 6) is -0.314. The molecule has 0 bridgehead atoms. The Labute approximate surface area is 118 Å². The van der Waals surface area contributed by atoms with Crippen LogP contribution in [0.5, 0.6) is 0 Å². The number of carboxylic acid groups (broad SMARTS) is 1. The minimum absolute atomic E-state index is 0.320. The lowest BCUT2D eigenvalue weighted by molar-refractivity contribution is -0.138. The first-order valence-corrected chi connectivity index (χ1v) is 7.68. The van der Waals surface area contributed by atoms with Crippen molar-refractivity contribution in [1.82, 2.24) is 9.88 Å². The quantitative estimate of drug-likeness (QED) is 0.922. The molecule has 2 rings (SSSR count). The van der Waals surface area contributed by atoms with Crippen LogP contribution in [0.2, 0.25) is 0 Å². The van der Waals surface area contributed by atoms with E-state index < -0.39 is 5.97 Å². The van der Waals surface area contributed by atoms with Crippen molar-refractivity contribution in [1.29, 1.82) is 0 Å². The van der Waals surface area contributed by atoms with E-state index in [0.29, 0.717) is 18.4 Å². The van der Waals surface area contributed by atoms with Crippen molar-refractivity contribution < 1.29 is 9.90 Å². The lowest BCUT2D eigenvalue weighted by Gasteiger charge is -2.35. The molecule has 0 aliphatic carbocycles. The summed E-state index contributed by atoms with van der Waals surface area (Å²) in [5, 5.41) is 9.96. The highest BCUT2D eigenvalue weighted by molar-refractivity contribution is 7.11. The Bertz CT molecular complexity index is 450. The summed E-state index contributed by atoms with van der Waals surface area (Å²) in [6.07, 6.45) is 2.31. The summed E-state index contributed by atoms with van der Waals surface area (Å²) >= 11 is 1.78. The van der Waals surface area contributed by atoms with Crippen LogP contribution in [0.15, 0.2) is 0 Å². The van der Waals surface area contributed by atoms with Crippen molar-refractivity contribution in [2.24, 2.45) is 5.92 Å². The predicted octanol–water partition coefficient (Wildman–Crippen LogP) is 3.01. The van der Waals surface area contributed by atoms with Crippen molar-refractivity contribution in [3.05, 3.63) is 15.6 Å². The summed E-state index contributed by atoms with van der Waals surface area (Å²) in [6.45, 7) is 8.35. The van der Waals surface area contributed by atoms with Gasteiger partial charge in [-0.2, -0.15) is 0 Å². The monoisotopic (exact) mass is 282 g/mol. The van der Waals surface area contributed by atoms with Gasteiger partial charge < -0.3 is 5.11 Å². The molecule has 1 fully saturated rings. The SMILES string of the molecule is Cc1nc(C)c(C(C)N2CCC(CC(=O)O)CC2)s1. The zero-order chi connectivity index (χ0) is 14.0. The second-order valence-corrected chi connectivity index (χ2v) is 6.67. The van der Waals surface area contributed by atoms with Gasteiger partial charge in [0.1, 0.15) is 0 Å². The Hall–Kier alpha value is -0.940. The molecule has 1 unspecified atom stereocenters. The fourth-order valence-corrected chi connectivity index (χ4v) is 3.91. The number of rotatable bonds is 4. The molecular formula is C14H22N2O2S. The first-order chi connectivity index (χ1) is 8.97. The lowest BCUT2D eigenvalue weighted by atomic mass is 9.93. The molecule has 1 aliphatic heterocycles. The van der Waals surface area contributed by atoms with E-state index in [0.717, 1.165) is 36.6 Å². The fourth-order valence-electron chi connectivity index (χ4n) is 2.89. The van der Waals surface area contributed by atoms with Crippen LogP contribution in [0, 0.1) is 19.8 Å². The Kier molecular flexibility index (Phi) is 4.58. The van der Waals surface area contributed by atoms with Crippen LogP contribution < -0.4 is 0 Å². The van der Waals surface area contributed by atoms with E-state index in [2.05, 4.69) is 23.7 Å². The van der Waals surface area contributed by atoms with Crippen molar-refractivity contribution in [2.75, 3.05) is 13.1 Å². The van der Waals surface area contributed by atoms with Gasteiger partial charge in [0.15, 0.2) is 0 Å². The number of hydrogen-bond donors (Lipinski definition) is 1. The minimum atomic E-state index is -0.666. The number of carboxylic acids is 1. The Morgan fingerprint density at radius 3 is 2.58 bits per heavy atom. The molecule has 1 aliphatic rings. The maximum absolute atomic E-state index is 10.7. The smallest absolute Gasteiger partial charge is 0.303 e. The average molecular weight is 282 g/mol. The Morgan fingerprint density at radius 1 is 1.47 bits per heavy atom. The molecule has 1 aromatic heterocycles. The largest absolute Gasteiger partial charge is 0.481 e. The van der Waals surface area contributed by atoms with Gasteiger partial charge in [-0.15, -0.1) is 11.3 Å². The van der Waals surface area contributed by atoms with E-state index in [4.69, 9.17) is 5.11 Å². The van der Waals surface area contributed by atoms with Crippen LogP contribution in [0.25, 0.3) is 0 Å². The summed E-state index contributed by atoms with van der Waals surface area (Å²) in [7, 11) is 0. The number of aromatic nitrogens is 1. The second-order valence-electron chi connectivity index (χ2n) is 5.44. The van der Waals surface area contributed by atoms with Crippen LogP contribution in [0.3, 0.4) is 0 Å². The van der Waals surface area contributed by atoms with E-state index in [1.54, 1.807) is 11.3 Å². The number of likely N-dealkylation sites (tertiary alicyclic amines) is 1. The fraction of sp³-hybridized carbons (Fsp3) is 0.714. The molecule has 0 saturated carbocycles. The average Bonchev–Trinajstić information content (AvgIpc) is 2.68. The molecule has 0 aromatic carbocycles. The predicted molar refractivity (Wildman–Crippen MR) is 76.6 cm³/mol. The molecular weight excluding hydrogens is 260 g/mol. The van der Waals surface area contributed by atoms with Gasteiger partial charge in [0, 0.05) is 17.3 Å². The normalized spacial score (nSPS) is 19.5. The van der Waals surface area contributed by atoms with Crippen LogP contribution >= 0.6 is 11.3 Å². The topological polar surface area (TPSA) is 53.4 Å². The summed E-state index contributed by atoms with van der Waals surface area (Å²) in [5.41, 5.74) is 1.14. The van der Waals surface area contributed by atoms with Crippen LogP contribution in [0.1, 0.15) is 47.8 Å². The Balaban J connectivity index is 1.94. The molecule has 0 spiro atoms. The van der Waals surface area contributed by atoms with Crippen molar-refractivity contribution in [3.8, 4) is 0 Å². The molecule has 2 heterocycles. The van der Waals surface area contributed by atoms with E-state index in [1.165, 1.54) is 4.88 Å². The second kappa shape index (κ2) is 6.01. The molecule has 4 nitrogen and oxygen atoms in total. The summed E-state index contributed by atoms with van der Waals surface area (Å²) in [6, 6.07) is 0.400. The third-order valence-corrected chi connectivity index (χ3v) is 5.22. The summed E-state index contributed by atoms with van der Waals surface area (Å²) in [4.78, 5) is 19.0. The van der Waals surface area contributed by atoms with Crippen molar-refractivity contribution in [2.45, 2.75) is 46.1 Å². The van der Waals surface area contributed by atoms with Crippen LogP contribution in [-0.2, 0) is 4.79 Å². The molecule has 106 valence electrons. The van der Waals surface area contributed by atoms with Crippen molar-refractivity contribution in [3.63, 3.8) is 0 Å². The highest BCUT2D eigenvalue weighted by Crippen LogP contribution is 2.32. The number of piperidine rings is 1. The maximum Gasteiger partial charge on any atom is 0.303 e. The number of nitrogens with zero attached hydrogens (tertiary/aromatic N) is 2. The van der Waals surface area contributed by atoms with Gasteiger partial charge in [0.25, 0.3) is 0 Å². The number of hydrogen-bond acceptors (Lipinski definition) is 4. The van der Waals surface area contributed by atoms with Gasteiger partial charge in [-0.25, -0.2) is 4.98 Å². The zero-order valence-electron chi connectivity index (χ0n) is 11.8. The van der Waals surface area contributed by atoms with Gasteiger partial charge in [-0.05, 0) is 52.6 Å². The van der Waals surface area contributed by atoms with Gasteiger partial charge >= 0.3 is 5.97 Å². The van der Waals surface area contributed by atoms with Crippen LogP contribution in [-0.4, -0.2) is 34.0 Å². The molecule has 1 N–H and O–H groups in total. The molecule has 1 aromatic rings. The van der Waals surface area contributed by atoms with E-state index >= 15 is 0 Å². The highest BCUT2D eigenvalue weighted by atomic mass is 32.1. The van der Waals surface area contributed by atoms with Crippen LogP contribution in [0.4, 0.5) is 0 Å².